The van der Waals surface area contributed by atoms with E-state index in [1.807, 2.05) is 43.3 Å². The van der Waals surface area contributed by atoms with Crippen molar-refractivity contribution in [3.63, 3.8) is 0 Å². The predicted octanol–water partition coefficient (Wildman–Crippen LogP) is 4.72. The SMILES string of the molecule is Cc1cccc(Nc2nc(Sc3ccc(Cl)s3)n[nH]2)c1. The lowest BCUT2D eigenvalue weighted by Crippen LogP contribution is -1.92. The van der Waals surface area contributed by atoms with E-state index < -0.39 is 0 Å². The van der Waals surface area contributed by atoms with Gasteiger partial charge in [0.2, 0.25) is 11.1 Å². The molecule has 2 heterocycles. The summed E-state index contributed by atoms with van der Waals surface area (Å²) in [5.41, 5.74) is 2.18. The van der Waals surface area contributed by atoms with Crippen LogP contribution in [0.1, 0.15) is 5.56 Å². The van der Waals surface area contributed by atoms with Crippen molar-refractivity contribution in [3.8, 4) is 0 Å². The van der Waals surface area contributed by atoms with Gasteiger partial charge in [-0.3, -0.25) is 0 Å². The van der Waals surface area contributed by atoms with E-state index in [1.54, 1.807) is 0 Å². The van der Waals surface area contributed by atoms with Gasteiger partial charge in [0.05, 0.1) is 8.55 Å². The summed E-state index contributed by atoms with van der Waals surface area (Å²) >= 11 is 8.89. The standard InChI is InChI=1S/C13H11ClN4S2/c1-8-3-2-4-9(7-8)15-12-16-13(18-17-12)20-11-6-5-10(14)19-11/h2-7H,1H3,(H2,15,16,17,18). The van der Waals surface area contributed by atoms with Crippen molar-refractivity contribution in [2.45, 2.75) is 16.3 Å². The van der Waals surface area contributed by atoms with Gasteiger partial charge >= 0.3 is 0 Å². The fourth-order valence-electron chi connectivity index (χ4n) is 1.65. The van der Waals surface area contributed by atoms with Crippen molar-refractivity contribution in [1.82, 2.24) is 15.2 Å². The minimum atomic E-state index is 0.626. The van der Waals surface area contributed by atoms with Crippen LogP contribution in [0.25, 0.3) is 0 Å². The molecule has 0 atom stereocenters. The third kappa shape index (κ3) is 3.33. The van der Waals surface area contributed by atoms with E-state index >= 15 is 0 Å². The van der Waals surface area contributed by atoms with Crippen LogP contribution in [0.2, 0.25) is 4.34 Å². The molecular formula is C13H11ClN4S2. The summed E-state index contributed by atoms with van der Waals surface area (Å²) in [5.74, 6) is 0.626. The monoisotopic (exact) mass is 322 g/mol. The lowest BCUT2D eigenvalue weighted by Gasteiger charge is -2.02. The molecule has 2 aromatic heterocycles. The number of aryl methyl sites for hydroxylation is 1. The van der Waals surface area contributed by atoms with E-state index in [4.69, 9.17) is 11.6 Å². The van der Waals surface area contributed by atoms with E-state index in [0.29, 0.717) is 11.1 Å². The second-order valence-electron chi connectivity index (χ2n) is 4.12. The highest BCUT2D eigenvalue weighted by molar-refractivity contribution is 8.01. The van der Waals surface area contributed by atoms with Crippen molar-refractivity contribution in [1.29, 1.82) is 0 Å². The molecule has 0 unspecified atom stereocenters. The maximum atomic E-state index is 5.90. The van der Waals surface area contributed by atoms with Gasteiger partial charge in [-0.15, -0.1) is 16.4 Å². The third-order valence-electron chi connectivity index (χ3n) is 2.49. The summed E-state index contributed by atoms with van der Waals surface area (Å²) in [5, 5.41) is 10.9. The number of aromatic nitrogens is 3. The first-order valence-corrected chi connectivity index (χ1v) is 7.89. The summed E-state index contributed by atoms with van der Waals surface area (Å²) < 4.78 is 1.83. The molecule has 0 saturated heterocycles. The van der Waals surface area contributed by atoms with Gasteiger partial charge < -0.3 is 5.32 Å². The number of halogens is 1. The van der Waals surface area contributed by atoms with E-state index in [9.17, 15) is 0 Å². The Morgan fingerprint density at radius 2 is 2.20 bits per heavy atom. The number of nitrogens with one attached hydrogen (secondary N) is 2. The van der Waals surface area contributed by atoms with Crippen molar-refractivity contribution >= 4 is 46.3 Å². The third-order valence-corrected chi connectivity index (χ3v) is 4.71. The molecule has 102 valence electrons. The first kappa shape index (κ1) is 13.5. The molecule has 0 radical (unpaired) electrons. The van der Waals surface area contributed by atoms with Crippen LogP contribution in [0, 0.1) is 6.92 Å². The zero-order valence-corrected chi connectivity index (χ0v) is 12.9. The highest BCUT2D eigenvalue weighted by Gasteiger charge is 2.07. The number of rotatable bonds is 4. The highest BCUT2D eigenvalue weighted by Crippen LogP contribution is 2.33. The summed E-state index contributed by atoms with van der Waals surface area (Å²) in [6.45, 7) is 2.05. The Morgan fingerprint density at radius 1 is 1.30 bits per heavy atom. The first-order valence-electron chi connectivity index (χ1n) is 5.88. The number of anilines is 2. The number of nitrogens with zero attached hydrogens (tertiary/aromatic N) is 2. The van der Waals surface area contributed by atoms with Crippen LogP contribution >= 0.6 is 34.7 Å². The van der Waals surface area contributed by atoms with Crippen molar-refractivity contribution in [3.05, 3.63) is 46.3 Å². The molecule has 0 aliphatic carbocycles. The molecule has 7 heteroatoms. The van der Waals surface area contributed by atoms with E-state index in [0.717, 1.165) is 14.2 Å². The molecule has 0 amide bonds. The molecule has 4 nitrogen and oxygen atoms in total. The van der Waals surface area contributed by atoms with E-state index in [2.05, 4.69) is 20.5 Å². The fraction of sp³-hybridized carbons (Fsp3) is 0.0769. The van der Waals surface area contributed by atoms with Gasteiger partial charge in [-0.1, -0.05) is 23.7 Å². The van der Waals surface area contributed by atoms with Gasteiger partial charge in [0, 0.05) is 5.69 Å². The number of thiophene rings is 1. The second kappa shape index (κ2) is 5.87. The van der Waals surface area contributed by atoms with Gasteiger partial charge in [-0.2, -0.15) is 4.98 Å². The van der Waals surface area contributed by atoms with Gasteiger partial charge in [-0.25, -0.2) is 5.10 Å². The van der Waals surface area contributed by atoms with Gasteiger partial charge in [0.25, 0.3) is 0 Å². The summed E-state index contributed by atoms with van der Waals surface area (Å²) in [4.78, 5) is 4.39. The topological polar surface area (TPSA) is 53.6 Å². The molecule has 2 N–H and O–H groups in total. The minimum absolute atomic E-state index is 0.626. The van der Waals surface area contributed by atoms with E-state index in [1.165, 1.54) is 28.7 Å². The van der Waals surface area contributed by atoms with Crippen LogP contribution in [-0.4, -0.2) is 15.2 Å². The van der Waals surface area contributed by atoms with Crippen LogP contribution < -0.4 is 5.32 Å². The molecule has 0 aliphatic heterocycles. The minimum Gasteiger partial charge on any atom is -0.325 e. The molecule has 3 aromatic rings. The molecule has 20 heavy (non-hydrogen) atoms. The fourth-order valence-corrected chi connectivity index (χ4v) is 3.77. The normalized spacial score (nSPS) is 10.7. The zero-order chi connectivity index (χ0) is 13.9. The Hall–Kier alpha value is -1.50. The molecule has 0 saturated carbocycles. The highest BCUT2D eigenvalue weighted by atomic mass is 35.5. The van der Waals surface area contributed by atoms with Crippen molar-refractivity contribution in [2.24, 2.45) is 0 Å². The lowest BCUT2D eigenvalue weighted by molar-refractivity contribution is 0.975. The number of H-pyrrole nitrogens is 1. The molecule has 1 aromatic carbocycles. The predicted molar refractivity (Wildman–Crippen MR) is 84.3 cm³/mol. The van der Waals surface area contributed by atoms with Gasteiger partial charge in [-0.05, 0) is 48.5 Å². The largest absolute Gasteiger partial charge is 0.325 e. The zero-order valence-electron chi connectivity index (χ0n) is 10.6. The Balaban J connectivity index is 1.70. The molecular weight excluding hydrogens is 312 g/mol. The van der Waals surface area contributed by atoms with E-state index in [-0.39, 0.29) is 0 Å². The number of benzene rings is 1. The Bertz CT molecular complexity index is 722. The van der Waals surface area contributed by atoms with Crippen LogP contribution in [0.3, 0.4) is 0 Å². The Kier molecular flexibility index (Phi) is 3.95. The summed E-state index contributed by atoms with van der Waals surface area (Å²) in [7, 11) is 0. The molecule has 0 aliphatic rings. The van der Waals surface area contributed by atoms with Crippen LogP contribution in [0.5, 0.6) is 0 Å². The average molecular weight is 323 g/mol. The lowest BCUT2D eigenvalue weighted by atomic mass is 10.2. The van der Waals surface area contributed by atoms with Crippen molar-refractivity contribution in [2.75, 3.05) is 5.32 Å². The summed E-state index contributed by atoms with van der Waals surface area (Å²) in [6.07, 6.45) is 0. The first-order chi connectivity index (χ1) is 9.69. The number of hydrogen-bond donors (Lipinski definition) is 2. The smallest absolute Gasteiger partial charge is 0.223 e. The van der Waals surface area contributed by atoms with Crippen LogP contribution in [-0.2, 0) is 0 Å². The second-order valence-corrected chi connectivity index (χ2v) is 7.10. The van der Waals surface area contributed by atoms with Crippen molar-refractivity contribution < 1.29 is 0 Å². The Morgan fingerprint density at radius 3 is 2.95 bits per heavy atom. The maximum Gasteiger partial charge on any atom is 0.223 e. The van der Waals surface area contributed by atoms with Gasteiger partial charge in [0.15, 0.2) is 0 Å². The molecule has 0 bridgehead atoms. The summed E-state index contributed by atoms with van der Waals surface area (Å²) in [6, 6.07) is 11.9. The number of aromatic amines is 1. The Labute approximate surface area is 129 Å². The maximum absolute atomic E-state index is 5.90. The average Bonchev–Trinajstić information content (AvgIpc) is 3.00. The van der Waals surface area contributed by atoms with Crippen LogP contribution in [0.15, 0.2) is 45.8 Å². The van der Waals surface area contributed by atoms with Crippen LogP contribution in [0.4, 0.5) is 11.6 Å². The quantitative estimate of drug-likeness (QED) is 0.729. The molecule has 0 fully saturated rings. The van der Waals surface area contributed by atoms with Gasteiger partial charge in [0.1, 0.15) is 0 Å². The molecule has 0 spiro atoms. The molecule has 3 rings (SSSR count). The number of hydrogen-bond acceptors (Lipinski definition) is 5.